The standard InChI is InChI=1S/C25H28N4O2/c1-17-22(19(3)29(27-17)21-11-6-5-7-12-21)15-28(4)16-25(30)26-18(2)24-14-20-10-8-9-13-23(20)31-24/h5-14,18H,15-16H2,1-4H3,(H,26,30)/p+1/t18-/m1/s1. The van der Waals surface area contributed by atoms with Crippen molar-refractivity contribution in [1.82, 2.24) is 15.1 Å². The first-order valence-corrected chi connectivity index (χ1v) is 10.6. The number of nitrogens with one attached hydrogen (secondary N) is 2. The van der Waals surface area contributed by atoms with Crippen LogP contribution < -0.4 is 10.2 Å². The third kappa shape index (κ3) is 4.54. The van der Waals surface area contributed by atoms with Crippen LogP contribution in [0, 0.1) is 13.8 Å². The number of benzene rings is 2. The molecule has 0 saturated heterocycles. The van der Waals surface area contributed by atoms with Gasteiger partial charge in [-0.2, -0.15) is 5.10 Å². The Bertz CT molecular complexity index is 1160. The Labute approximate surface area is 182 Å². The van der Waals surface area contributed by atoms with Crippen molar-refractivity contribution in [2.24, 2.45) is 0 Å². The fourth-order valence-electron chi connectivity index (χ4n) is 3.97. The highest BCUT2D eigenvalue weighted by atomic mass is 16.3. The Balaban J connectivity index is 1.39. The number of aryl methyl sites for hydroxylation is 1. The van der Waals surface area contributed by atoms with Crippen molar-refractivity contribution >= 4 is 16.9 Å². The van der Waals surface area contributed by atoms with Crippen LogP contribution in [-0.2, 0) is 11.3 Å². The molecule has 0 aliphatic heterocycles. The molecule has 1 unspecified atom stereocenters. The molecule has 0 aliphatic rings. The summed E-state index contributed by atoms with van der Waals surface area (Å²) in [4.78, 5) is 13.7. The van der Waals surface area contributed by atoms with Crippen LogP contribution in [0.5, 0.6) is 0 Å². The summed E-state index contributed by atoms with van der Waals surface area (Å²) in [5.41, 5.74) is 5.17. The summed E-state index contributed by atoms with van der Waals surface area (Å²) in [5, 5.41) is 8.82. The van der Waals surface area contributed by atoms with E-state index in [2.05, 4.69) is 12.2 Å². The molecule has 0 spiro atoms. The topological polar surface area (TPSA) is 64.5 Å². The van der Waals surface area contributed by atoms with E-state index in [9.17, 15) is 4.79 Å². The molecule has 6 heteroatoms. The Kier molecular flexibility index (Phi) is 5.91. The highest BCUT2D eigenvalue weighted by Crippen LogP contribution is 2.23. The number of quaternary nitrogens is 1. The maximum Gasteiger partial charge on any atom is 0.275 e. The molecule has 2 N–H and O–H groups in total. The van der Waals surface area contributed by atoms with Crippen LogP contribution in [-0.4, -0.2) is 29.3 Å². The SMILES string of the molecule is Cc1nn(-c2ccccc2)c(C)c1C[NH+](C)CC(=O)N[C@H](C)c1cc2ccccc2o1. The van der Waals surface area contributed by atoms with Crippen molar-refractivity contribution in [3.63, 3.8) is 0 Å². The molecule has 4 rings (SSSR count). The zero-order chi connectivity index (χ0) is 22.0. The third-order valence-corrected chi connectivity index (χ3v) is 5.63. The summed E-state index contributed by atoms with van der Waals surface area (Å²) < 4.78 is 7.85. The van der Waals surface area contributed by atoms with E-state index in [0.29, 0.717) is 6.54 Å². The number of hydrogen-bond donors (Lipinski definition) is 2. The lowest BCUT2D eigenvalue weighted by Crippen LogP contribution is -3.09. The zero-order valence-corrected chi connectivity index (χ0v) is 18.5. The van der Waals surface area contributed by atoms with E-state index in [1.54, 1.807) is 0 Å². The number of furan rings is 1. The maximum atomic E-state index is 12.6. The van der Waals surface area contributed by atoms with Gasteiger partial charge in [-0.3, -0.25) is 4.79 Å². The Morgan fingerprint density at radius 1 is 1.13 bits per heavy atom. The van der Waals surface area contributed by atoms with Gasteiger partial charge in [-0.25, -0.2) is 4.68 Å². The Morgan fingerprint density at radius 2 is 1.84 bits per heavy atom. The van der Waals surface area contributed by atoms with Gasteiger partial charge in [0.25, 0.3) is 5.91 Å². The first-order chi connectivity index (χ1) is 14.9. The van der Waals surface area contributed by atoms with E-state index in [0.717, 1.165) is 45.2 Å². The molecule has 0 saturated carbocycles. The quantitative estimate of drug-likeness (QED) is 0.486. The van der Waals surface area contributed by atoms with Crippen LogP contribution in [0.2, 0.25) is 0 Å². The number of fused-ring (bicyclic) bond motifs is 1. The van der Waals surface area contributed by atoms with Crippen LogP contribution in [0.25, 0.3) is 16.7 Å². The third-order valence-electron chi connectivity index (χ3n) is 5.63. The molecule has 2 atom stereocenters. The summed E-state index contributed by atoms with van der Waals surface area (Å²) in [6.07, 6.45) is 0. The second-order valence-corrected chi connectivity index (χ2v) is 8.18. The first kappa shape index (κ1) is 20.9. The molecule has 2 aromatic heterocycles. The van der Waals surface area contributed by atoms with Crippen LogP contribution in [0.3, 0.4) is 0 Å². The minimum Gasteiger partial charge on any atom is -0.459 e. The lowest BCUT2D eigenvalue weighted by Gasteiger charge is -2.16. The van der Waals surface area contributed by atoms with Crippen molar-refractivity contribution in [2.45, 2.75) is 33.4 Å². The molecule has 2 aromatic carbocycles. The van der Waals surface area contributed by atoms with Crippen molar-refractivity contribution in [2.75, 3.05) is 13.6 Å². The van der Waals surface area contributed by atoms with E-state index in [4.69, 9.17) is 9.52 Å². The molecule has 1 amide bonds. The highest BCUT2D eigenvalue weighted by molar-refractivity contribution is 5.79. The number of rotatable bonds is 7. The summed E-state index contributed by atoms with van der Waals surface area (Å²) in [6, 6.07) is 19.8. The lowest BCUT2D eigenvalue weighted by atomic mass is 10.2. The van der Waals surface area contributed by atoms with E-state index < -0.39 is 0 Å². The molecule has 0 aliphatic carbocycles. The second kappa shape index (κ2) is 8.78. The highest BCUT2D eigenvalue weighted by Gasteiger charge is 2.20. The average Bonchev–Trinajstić information content (AvgIpc) is 3.31. The van der Waals surface area contributed by atoms with Crippen LogP contribution in [0.15, 0.2) is 65.1 Å². The summed E-state index contributed by atoms with van der Waals surface area (Å²) in [7, 11) is 2.03. The number of aromatic nitrogens is 2. The largest absolute Gasteiger partial charge is 0.459 e. The van der Waals surface area contributed by atoms with Crippen molar-refractivity contribution in [3.8, 4) is 5.69 Å². The van der Waals surface area contributed by atoms with Crippen LogP contribution in [0.1, 0.15) is 35.7 Å². The minimum absolute atomic E-state index is 0.00351. The lowest BCUT2D eigenvalue weighted by molar-refractivity contribution is -0.885. The van der Waals surface area contributed by atoms with Gasteiger partial charge in [0, 0.05) is 5.39 Å². The molecular weight excluding hydrogens is 388 g/mol. The molecule has 160 valence electrons. The van der Waals surface area contributed by atoms with Gasteiger partial charge >= 0.3 is 0 Å². The fraction of sp³-hybridized carbons (Fsp3) is 0.280. The van der Waals surface area contributed by atoms with Gasteiger partial charge in [-0.15, -0.1) is 0 Å². The molecule has 4 aromatic rings. The van der Waals surface area contributed by atoms with Gasteiger partial charge in [0.1, 0.15) is 17.9 Å². The van der Waals surface area contributed by atoms with E-state index in [1.807, 2.05) is 86.2 Å². The first-order valence-electron chi connectivity index (χ1n) is 10.6. The van der Waals surface area contributed by atoms with Crippen LogP contribution in [0.4, 0.5) is 0 Å². The number of hydrogen-bond acceptors (Lipinski definition) is 3. The predicted octanol–water partition coefficient (Wildman–Crippen LogP) is 3.13. The number of amides is 1. The number of nitrogens with zero attached hydrogens (tertiary/aromatic N) is 2. The predicted molar refractivity (Wildman–Crippen MR) is 121 cm³/mol. The van der Waals surface area contributed by atoms with E-state index in [1.165, 1.54) is 5.56 Å². The van der Waals surface area contributed by atoms with E-state index in [-0.39, 0.29) is 11.9 Å². The molecule has 0 bridgehead atoms. The van der Waals surface area contributed by atoms with Gasteiger partial charge < -0.3 is 14.6 Å². The van der Waals surface area contributed by atoms with Crippen LogP contribution >= 0.6 is 0 Å². The van der Waals surface area contributed by atoms with Gasteiger partial charge in [-0.05, 0) is 45.0 Å². The van der Waals surface area contributed by atoms with Crippen molar-refractivity contribution in [3.05, 3.63) is 83.4 Å². The van der Waals surface area contributed by atoms with Gasteiger partial charge in [0.2, 0.25) is 0 Å². The molecular formula is C25H29N4O2+. The molecule has 0 fully saturated rings. The molecule has 6 nitrogen and oxygen atoms in total. The minimum atomic E-state index is -0.183. The van der Waals surface area contributed by atoms with Crippen molar-refractivity contribution < 1.29 is 14.1 Å². The van der Waals surface area contributed by atoms with E-state index >= 15 is 0 Å². The average molecular weight is 418 g/mol. The monoisotopic (exact) mass is 417 g/mol. The van der Waals surface area contributed by atoms with Gasteiger partial charge in [0.05, 0.1) is 35.7 Å². The Hall–Kier alpha value is -3.38. The van der Waals surface area contributed by atoms with Gasteiger partial charge in [-0.1, -0.05) is 36.4 Å². The molecule has 2 heterocycles. The number of likely N-dealkylation sites (N-methyl/N-ethyl adjacent to an activating group) is 1. The van der Waals surface area contributed by atoms with Gasteiger partial charge in [0.15, 0.2) is 6.54 Å². The summed E-state index contributed by atoms with van der Waals surface area (Å²) in [5.74, 6) is 0.763. The Morgan fingerprint density at radius 3 is 2.58 bits per heavy atom. The number of para-hydroxylation sites is 2. The second-order valence-electron chi connectivity index (χ2n) is 8.18. The zero-order valence-electron chi connectivity index (χ0n) is 18.5. The number of carbonyl (C=O) groups is 1. The molecule has 31 heavy (non-hydrogen) atoms. The fourth-order valence-corrected chi connectivity index (χ4v) is 3.97. The summed E-state index contributed by atoms with van der Waals surface area (Å²) >= 11 is 0. The maximum absolute atomic E-state index is 12.6. The number of carbonyl (C=O) groups excluding carboxylic acids is 1. The van der Waals surface area contributed by atoms with Crippen molar-refractivity contribution in [1.29, 1.82) is 0 Å². The molecule has 0 radical (unpaired) electrons. The normalized spacial score (nSPS) is 13.3. The summed E-state index contributed by atoms with van der Waals surface area (Å²) in [6.45, 7) is 7.16. The smallest absolute Gasteiger partial charge is 0.275 e.